The van der Waals surface area contributed by atoms with Crippen molar-refractivity contribution >= 4 is 5.91 Å². The predicted molar refractivity (Wildman–Crippen MR) is 127 cm³/mol. The Hall–Kier alpha value is -2.89. The second-order valence-corrected chi connectivity index (χ2v) is 8.91. The van der Waals surface area contributed by atoms with Gasteiger partial charge in [0.1, 0.15) is 6.61 Å². The first-order valence-electron chi connectivity index (χ1n) is 11.9. The van der Waals surface area contributed by atoms with Crippen molar-refractivity contribution in [3.05, 3.63) is 47.5 Å². The van der Waals surface area contributed by atoms with Crippen LogP contribution in [0.4, 0.5) is 0 Å². The first kappa shape index (κ1) is 23.3. The van der Waals surface area contributed by atoms with Crippen molar-refractivity contribution < 1.29 is 23.7 Å². The van der Waals surface area contributed by atoms with Crippen LogP contribution in [0.3, 0.4) is 0 Å². The topological polar surface area (TPSA) is 57.2 Å². The first-order valence-corrected chi connectivity index (χ1v) is 11.9. The highest BCUT2D eigenvalue weighted by atomic mass is 16.5. The minimum atomic E-state index is -0.199. The van der Waals surface area contributed by atoms with Gasteiger partial charge >= 0.3 is 0 Å². The van der Waals surface area contributed by atoms with E-state index in [2.05, 4.69) is 0 Å². The van der Waals surface area contributed by atoms with Crippen LogP contribution in [0.5, 0.6) is 23.0 Å². The van der Waals surface area contributed by atoms with Crippen LogP contribution >= 0.6 is 0 Å². The van der Waals surface area contributed by atoms with Crippen molar-refractivity contribution in [1.29, 1.82) is 0 Å². The highest BCUT2D eigenvalue weighted by Gasteiger charge is 2.33. The molecule has 1 aliphatic heterocycles. The molecule has 1 fully saturated rings. The van der Waals surface area contributed by atoms with Gasteiger partial charge in [-0.2, -0.15) is 0 Å². The van der Waals surface area contributed by atoms with E-state index < -0.39 is 0 Å². The molecule has 4 rings (SSSR count). The summed E-state index contributed by atoms with van der Waals surface area (Å²) in [6.07, 6.45) is 7.48. The van der Waals surface area contributed by atoms with Gasteiger partial charge in [-0.05, 0) is 54.2 Å². The maximum absolute atomic E-state index is 13.4. The zero-order valence-corrected chi connectivity index (χ0v) is 20.0. The smallest absolute Gasteiger partial charge is 0.223 e. The Morgan fingerprint density at radius 2 is 1.61 bits per heavy atom. The van der Waals surface area contributed by atoms with E-state index in [-0.39, 0.29) is 11.9 Å². The Morgan fingerprint density at radius 3 is 2.30 bits per heavy atom. The number of nitrogens with zero attached hydrogens (tertiary/aromatic N) is 1. The van der Waals surface area contributed by atoms with Gasteiger partial charge in [-0.15, -0.1) is 0 Å². The minimum absolute atomic E-state index is 0.199. The van der Waals surface area contributed by atoms with E-state index >= 15 is 0 Å². The van der Waals surface area contributed by atoms with E-state index in [4.69, 9.17) is 18.9 Å². The van der Waals surface area contributed by atoms with Crippen LogP contribution in [0.2, 0.25) is 0 Å². The van der Waals surface area contributed by atoms with E-state index in [1.54, 1.807) is 21.3 Å². The molecule has 6 nitrogen and oxygen atoms in total. The summed E-state index contributed by atoms with van der Waals surface area (Å²) in [5.41, 5.74) is 2.23. The van der Waals surface area contributed by atoms with Gasteiger partial charge in [-0.1, -0.05) is 37.8 Å². The molecule has 0 spiro atoms. The third kappa shape index (κ3) is 5.21. The molecule has 2 aromatic rings. The minimum Gasteiger partial charge on any atom is -0.493 e. The molecular formula is C27H35NO5. The Kier molecular flexibility index (Phi) is 7.63. The zero-order valence-electron chi connectivity index (χ0n) is 20.0. The van der Waals surface area contributed by atoms with Crippen LogP contribution in [-0.2, 0) is 11.2 Å². The highest BCUT2D eigenvalue weighted by Crippen LogP contribution is 2.39. The van der Waals surface area contributed by atoms with Gasteiger partial charge in [0.25, 0.3) is 0 Å². The Morgan fingerprint density at radius 1 is 0.939 bits per heavy atom. The third-order valence-electron chi connectivity index (χ3n) is 7.03. The summed E-state index contributed by atoms with van der Waals surface area (Å²) in [5, 5.41) is 0. The fraction of sp³-hybridized carbons (Fsp3) is 0.519. The van der Waals surface area contributed by atoms with Gasteiger partial charge in [0.2, 0.25) is 5.91 Å². The zero-order chi connectivity index (χ0) is 23.2. The molecule has 1 amide bonds. The summed E-state index contributed by atoms with van der Waals surface area (Å²) >= 11 is 0. The van der Waals surface area contributed by atoms with Gasteiger partial charge in [0.15, 0.2) is 23.0 Å². The fourth-order valence-corrected chi connectivity index (χ4v) is 5.18. The first-order chi connectivity index (χ1) is 16.1. The van der Waals surface area contributed by atoms with E-state index in [9.17, 15) is 4.79 Å². The molecule has 6 heteroatoms. The average Bonchev–Trinajstić information content (AvgIpc) is 3.38. The van der Waals surface area contributed by atoms with E-state index in [0.717, 1.165) is 18.4 Å². The number of rotatable bonds is 9. The standard InChI is InChI=1S/C27H35NO5/c1-30-23-10-6-7-11-24(23)33-18-22-21-17-26(32-3)25(31-2)16-20(21)14-15-28(22)27(29)13-12-19-8-4-5-9-19/h6-7,10-11,16-17,19,22H,4-5,8-9,12-15,18H2,1-3H3/t22-/m0/s1. The summed E-state index contributed by atoms with van der Waals surface area (Å²) in [4.78, 5) is 15.4. The number of fused-ring (bicyclic) bond motifs is 1. The number of amides is 1. The molecule has 0 aromatic heterocycles. The largest absolute Gasteiger partial charge is 0.493 e. The lowest BCUT2D eigenvalue weighted by Crippen LogP contribution is -2.42. The molecule has 0 N–H and O–H groups in total. The van der Waals surface area contributed by atoms with Crippen LogP contribution in [0.25, 0.3) is 0 Å². The van der Waals surface area contributed by atoms with Crippen molar-refractivity contribution in [2.75, 3.05) is 34.5 Å². The Balaban J connectivity index is 1.59. The Bertz CT molecular complexity index is 954. The average molecular weight is 454 g/mol. The molecule has 1 saturated carbocycles. The molecule has 1 atom stereocenters. The molecule has 0 saturated heterocycles. The molecule has 2 aromatic carbocycles. The van der Waals surface area contributed by atoms with Gasteiger partial charge in [-0.25, -0.2) is 0 Å². The second-order valence-electron chi connectivity index (χ2n) is 8.91. The SMILES string of the molecule is COc1cc2c(cc1OC)[C@H](COc1ccccc1OC)N(C(=O)CCC1CCCC1)CC2. The number of para-hydroxylation sites is 2. The van der Waals surface area contributed by atoms with E-state index in [1.807, 2.05) is 41.3 Å². The molecule has 2 aliphatic rings. The molecule has 178 valence electrons. The van der Waals surface area contributed by atoms with Crippen LogP contribution < -0.4 is 18.9 Å². The summed E-state index contributed by atoms with van der Waals surface area (Å²) in [6.45, 7) is 1.02. The summed E-state index contributed by atoms with van der Waals surface area (Å²) < 4.78 is 22.8. The molecule has 1 aliphatic carbocycles. The molecule has 0 unspecified atom stereocenters. The monoisotopic (exact) mass is 453 g/mol. The highest BCUT2D eigenvalue weighted by molar-refractivity contribution is 5.77. The van der Waals surface area contributed by atoms with Crippen LogP contribution in [0.1, 0.15) is 55.7 Å². The number of methoxy groups -OCH3 is 3. The van der Waals surface area contributed by atoms with Crippen LogP contribution in [0, 0.1) is 5.92 Å². The number of benzene rings is 2. The molecule has 0 radical (unpaired) electrons. The number of ether oxygens (including phenoxy) is 4. The maximum Gasteiger partial charge on any atom is 0.223 e. The van der Waals surface area contributed by atoms with E-state index in [0.29, 0.717) is 48.5 Å². The van der Waals surface area contributed by atoms with Crippen molar-refractivity contribution in [2.24, 2.45) is 5.92 Å². The normalized spacial score (nSPS) is 18.0. The van der Waals surface area contributed by atoms with Gasteiger partial charge in [0.05, 0.1) is 27.4 Å². The Labute approximate surface area is 196 Å². The van der Waals surface area contributed by atoms with Crippen LogP contribution in [0.15, 0.2) is 36.4 Å². The second kappa shape index (κ2) is 10.8. The van der Waals surface area contributed by atoms with E-state index in [1.165, 1.54) is 31.2 Å². The fourth-order valence-electron chi connectivity index (χ4n) is 5.18. The lowest BCUT2D eigenvalue weighted by atomic mass is 9.91. The lowest BCUT2D eigenvalue weighted by Gasteiger charge is -2.38. The number of carbonyl (C=O) groups is 1. The molecule has 33 heavy (non-hydrogen) atoms. The van der Waals surface area contributed by atoms with Crippen molar-refractivity contribution in [2.45, 2.75) is 51.0 Å². The number of carbonyl (C=O) groups excluding carboxylic acids is 1. The summed E-state index contributed by atoms with van der Waals surface area (Å²) in [6, 6.07) is 11.4. The predicted octanol–water partition coefficient (Wildman–Crippen LogP) is 5.19. The summed E-state index contributed by atoms with van der Waals surface area (Å²) in [5.74, 6) is 3.63. The lowest BCUT2D eigenvalue weighted by molar-refractivity contribution is -0.135. The van der Waals surface area contributed by atoms with Crippen LogP contribution in [-0.4, -0.2) is 45.3 Å². The summed E-state index contributed by atoms with van der Waals surface area (Å²) in [7, 11) is 4.92. The van der Waals surface area contributed by atoms with Gasteiger partial charge in [0, 0.05) is 13.0 Å². The molecule has 1 heterocycles. The number of hydrogen-bond donors (Lipinski definition) is 0. The van der Waals surface area contributed by atoms with Crippen molar-refractivity contribution in [3.8, 4) is 23.0 Å². The number of hydrogen-bond acceptors (Lipinski definition) is 5. The third-order valence-corrected chi connectivity index (χ3v) is 7.03. The van der Waals surface area contributed by atoms with Gasteiger partial charge < -0.3 is 23.8 Å². The maximum atomic E-state index is 13.4. The van der Waals surface area contributed by atoms with Gasteiger partial charge in [-0.3, -0.25) is 4.79 Å². The van der Waals surface area contributed by atoms with Crippen molar-refractivity contribution in [1.82, 2.24) is 4.90 Å². The molecule has 0 bridgehead atoms. The quantitative estimate of drug-likeness (QED) is 0.523. The molecular weight excluding hydrogens is 418 g/mol. The van der Waals surface area contributed by atoms with Crippen molar-refractivity contribution in [3.63, 3.8) is 0 Å².